The number of aliphatic imine (C=N–C) groups is 1. The zero-order valence-corrected chi connectivity index (χ0v) is 13.7. The molecule has 0 saturated carbocycles. The SMILES string of the molecule is CS(=O)(=O)c1cccc(N2C=NCc3cc(Br)ccc32)c1. The third kappa shape index (κ3) is 2.87. The molecule has 0 unspecified atom stereocenters. The summed E-state index contributed by atoms with van der Waals surface area (Å²) in [6.07, 6.45) is 2.94. The van der Waals surface area contributed by atoms with Gasteiger partial charge in [-0.2, -0.15) is 0 Å². The molecule has 108 valence electrons. The van der Waals surface area contributed by atoms with Crippen molar-refractivity contribution in [3.8, 4) is 0 Å². The smallest absolute Gasteiger partial charge is 0.175 e. The molecule has 1 aliphatic rings. The number of nitrogens with zero attached hydrogens (tertiary/aromatic N) is 2. The highest BCUT2D eigenvalue weighted by molar-refractivity contribution is 9.10. The van der Waals surface area contributed by atoms with Crippen molar-refractivity contribution in [1.29, 1.82) is 0 Å². The number of hydrogen-bond donors (Lipinski definition) is 0. The lowest BCUT2D eigenvalue weighted by Gasteiger charge is -2.26. The molecule has 0 saturated heterocycles. The minimum atomic E-state index is -3.23. The molecule has 2 aromatic rings. The molecule has 0 spiro atoms. The predicted molar refractivity (Wildman–Crippen MR) is 88.0 cm³/mol. The Bertz CT molecular complexity index is 831. The van der Waals surface area contributed by atoms with Crippen molar-refractivity contribution in [2.24, 2.45) is 4.99 Å². The first-order valence-electron chi connectivity index (χ1n) is 6.33. The van der Waals surface area contributed by atoms with Crippen LogP contribution in [0.15, 0.2) is 56.8 Å². The predicted octanol–water partition coefficient (Wildman–Crippen LogP) is 3.53. The van der Waals surface area contributed by atoms with E-state index in [0.29, 0.717) is 11.4 Å². The Morgan fingerprint density at radius 1 is 1.19 bits per heavy atom. The van der Waals surface area contributed by atoms with E-state index in [1.807, 2.05) is 29.2 Å². The number of sulfone groups is 1. The van der Waals surface area contributed by atoms with Gasteiger partial charge in [0.05, 0.1) is 23.5 Å². The summed E-state index contributed by atoms with van der Waals surface area (Å²) in [6.45, 7) is 0.622. The van der Waals surface area contributed by atoms with E-state index in [9.17, 15) is 8.42 Å². The topological polar surface area (TPSA) is 49.7 Å². The van der Waals surface area contributed by atoms with E-state index in [1.54, 1.807) is 24.5 Å². The van der Waals surface area contributed by atoms with Crippen LogP contribution in [-0.4, -0.2) is 21.0 Å². The van der Waals surface area contributed by atoms with Crippen molar-refractivity contribution >= 4 is 43.5 Å². The number of rotatable bonds is 2. The molecule has 3 rings (SSSR count). The van der Waals surface area contributed by atoms with Crippen LogP contribution in [-0.2, 0) is 16.4 Å². The highest BCUT2D eigenvalue weighted by Gasteiger charge is 2.17. The summed E-state index contributed by atoms with van der Waals surface area (Å²) in [5.41, 5.74) is 2.89. The van der Waals surface area contributed by atoms with Gasteiger partial charge < -0.3 is 4.90 Å². The summed E-state index contributed by atoms with van der Waals surface area (Å²) in [5, 5.41) is 0. The average Bonchev–Trinajstić information content (AvgIpc) is 2.45. The second-order valence-electron chi connectivity index (χ2n) is 4.87. The zero-order valence-electron chi connectivity index (χ0n) is 11.3. The van der Waals surface area contributed by atoms with Gasteiger partial charge in [-0.25, -0.2) is 8.42 Å². The summed E-state index contributed by atoms with van der Waals surface area (Å²) in [6, 6.07) is 12.9. The lowest BCUT2D eigenvalue weighted by atomic mass is 10.1. The summed E-state index contributed by atoms with van der Waals surface area (Å²) in [4.78, 5) is 6.55. The van der Waals surface area contributed by atoms with Crippen molar-refractivity contribution in [2.75, 3.05) is 11.2 Å². The molecule has 21 heavy (non-hydrogen) atoms. The molecule has 0 atom stereocenters. The highest BCUT2D eigenvalue weighted by atomic mass is 79.9. The van der Waals surface area contributed by atoms with E-state index < -0.39 is 9.84 Å². The first-order chi connectivity index (χ1) is 9.95. The van der Waals surface area contributed by atoms with Crippen LogP contribution in [0.4, 0.5) is 11.4 Å². The van der Waals surface area contributed by atoms with E-state index in [2.05, 4.69) is 20.9 Å². The van der Waals surface area contributed by atoms with Crippen LogP contribution in [0.3, 0.4) is 0 Å². The number of anilines is 2. The van der Waals surface area contributed by atoms with Crippen molar-refractivity contribution in [3.05, 3.63) is 52.5 Å². The largest absolute Gasteiger partial charge is 0.301 e. The molecule has 1 heterocycles. The molecule has 4 nitrogen and oxygen atoms in total. The van der Waals surface area contributed by atoms with Crippen molar-refractivity contribution in [1.82, 2.24) is 0 Å². The lowest BCUT2D eigenvalue weighted by Crippen LogP contribution is -2.19. The van der Waals surface area contributed by atoms with Crippen LogP contribution >= 0.6 is 15.9 Å². The summed E-state index contributed by atoms with van der Waals surface area (Å²) in [5.74, 6) is 0. The van der Waals surface area contributed by atoms with E-state index in [4.69, 9.17) is 0 Å². The van der Waals surface area contributed by atoms with Crippen LogP contribution < -0.4 is 4.90 Å². The standard InChI is InChI=1S/C15H13BrN2O2S/c1-21(19,20)14-4-2-3-13(8-14)18-10-17-9-11-7-12(16)5-6-15(11)18/h2-8,10H,9H2,1H3. The number of halogens is 1. The normalized spacial score (nSPS) is 14.1. The second-order valence-corrected chi connectivity index (χ2v) is 7.80. The van der Waals surface area contributed by atoms with Crippen LogP contribution in [0.2, 0.25) is 0 Å². The van der Waals surface area contributed by atoms with E-state index in [-0.39, 0.29) is 0 Å². The number of benzene rings is 2. The van der Waals surface area contributed by atoms with Crippen molar-refractivity contribution in [2.45, 2.75) is 11.4 Å². The Morgan fingerprint density at radius 3 is 2.76 bits per heavy atom. The molecule has 2 aromatic carbocycles. The van der Waals surface area contributed by atoms with Gasteiger partial charge in [-0.15, -0.1) is 0 Å². The third-order valence-corrected chi connectivity index (χ3v) is 4.89. The number of hydrogen-bond acceptors (Lipinski definition) is 4. The molecule has 0 radical (unpaired) electrons. The molecule has 1 aliphatic heterocycles. The first-order valence-corrected chi connectivity index (χ1v) is 9.01. The number of fused-ring (bicyclic) bond motifs is 1. The molecule has 0 fully saturated rings. The van der Waals surface area contributed by atoms with Gasteiger partial charge >= 0.3 is 0 Å². The zero-order chi connectivity index (χ0) is 15.0. The molecular formula is C15H13BrN2O2S. The van der Waals surface area contributed by atoms with Gasteiger partial charge in [0, 0.05) is 16.4 Å². The molecule has 0 aromatic heterocycles. The third-order valence-electron chi connectivity index (χ3n) is 3.28. The van der Waals surface area contributed by atoms with Crippen LogP contribution in [0.5, 0.6) is 0 Å². The van der Waals surface area contributed by atoms with Gasteiger partial charge in [0.15, 0.2) is 9.84 Å². The Balaban J connectivity index is 2.10. The highest BCUT2D eigenvalue weighted by Crippen LogP contribution is 2.33. The molecular weight excluding hydrogens is 352 g/mol. The minimum absolute atomic E-state index is 0.303. The monoisotopic (exact) mass is 364 g/mol. The second kappa shape index (κ2) is 5.27. The fourth-order valence-electron chi connectivity index (χ4n) is 2.27. The summed E-state index contributed by atoms with van der Waals surface area (Å²) < 4.78 is 24.4. The lowest BCUT2D eigenvalue weighted by molar-refractivity contribution is 0.602. The van der Waals surface area contributed by atoms with E-state index >= 15 is 0 Å². The van der Waals surface area contributed by atoms with Crippen LogP contribution in [0.1, 0.15) is 5.56 Å². The Hall–Kier alpha value is -1.66. The van der Waals surface area contributed by atoms with E-state index in [0.717, 1.165) is 21.4 Å². The molecule has 6 heteroatoms. The fraction of sp³-hybridized carbons (Fsp3) is 0.133. The fourth-order valence-corrected chi connectivity index (χ4v) is 3.34. The van der Waals surface area contributed by atoms with Crippen molar-refractivity contribution < 1.29 is 8.42 Å². The average molecular weight is 365 g/mol. The maximum absolute atomic E-state index is 11.7. The molecule has 0 N–H and O–H groups in total. The Kier molecular flexibility index (Phi) is 3.59. The van der Waals surface area contributed by atoms with E-state index in [1.165, 1.54) is 6.26 Å². The molecule has 0 amide bonds. The van der Waals surface area contributed by atoms with Crippen LogP contribution in [0, 0.1) is 0 Å². The quantitative estimate of drug-likeness (QED) is 0.818. The Morgan fingerprint density at radius 2 is 2.00 bits per heavy atom. The summed E-state index contributed by atoms with van der Waals surface area (Å²) >= 11 is 3.45. The first kappa shape index (κ1) is 14.3. The van der Waals surface area contributed by atoms with Gasteiger partial charge in [-0.05, 0) is 42.0 Å². The van der Waals surface area contributed by atoms with Gasteiger partial charge in [0.2, 0.25) is 0 Å². The minimum Gasteiger partial charge on any atom is -0.301 e. The molecule has 0 aliphatic carbocycles. The van der Waals surface area contributed by atoms with Gasteiger partial charge in [-0.1, -0.05) is 22.0 Å². The summed E-state index contributed by atoms with van der Waals surface area (Å²) in [7, 11) is -3.23. The maximum atomic E-state index is 11.7. The van der Waals surface area contributed by atoms with Gasteiger partial charge in [-0.3, -0.25) is 4.99 Å². The van der Waals surface area contributed by atoms with Crippen molar-refractivity contribution in [3.63, 3.8) is 0 Å². The molecule has 0 bridgehead atoms. The van der Waals surface area contributed by atoms with Crippen LogP contribution in [0.25, 0.3) is 0 Å². The van der Waals surface area contributed by atoms with Gasteiger partial charge in [0.25, 0.3) is 0 Å². The van der Waals surface area contributed by atoms with Gasteiger partial charge in [0.1, 0.15) is 0 Å². The maximum Gasteiger partial charge on any atom is 0.175 e. The Labute approximate surface area is 132 Å².